The van der Waals surface area contributed by atoms with E-state index in [-0.39, 0.29) is 12.2 Å². The van der Waals surface area contributed by atoms with Crippen molar-refractivity contribution in [2.75, 3.05) is 48.3 Å². The first-order chi connectivity index (χ1) is 17.4. The molecule has 2 bridgehead atoms. The summed E-state index contributed by atoms with van der Waals surface area (Å²) in [7, 11) is 2.24. The molecule has 0 spiro atoms. The van der Waals surface area contributed by atoms with Crippen LogP contribution >= 0.6 is 0 Å². The normalized spacial score (nSPS) is 26.0. The van der Waals surface area contributed by atoms with E-state index in [1.54, 1.807) is 6.20 Å². The maximum absolute atomic E-state index is 5.85. The van der Waals surface area contributed by atoms with E-state index >= 15 is 0 Å². The highest BCUT2D eigenvalue weighted by Crippen LogP contribution is 2.36. The van der Waals surface area contributed by atoms with Crippen LogP contribution < -0.4 is 15.1 Å². The number of hydrogen-bond acceptors (Lipinski definition) is 8. The Bertz CT molecular complexity index is 1220. The van der Waals surface area contributed by atoms with Gasteiger partial charge in [0.1, 0.15) is 5.82 Å². The molecule has 3 aliphatic rings. The predicted octanol–water partition coefficient (Wildman–Crippen LogP) is 4.10. The third-order valence-electron chi connectivity index (χ3n) is 7.72. The first kappa shape index (κ1) is 23.2. The molecule has 0 radical (unpaired) electrons. The maximum Gasteiger partial charge on any atom is 0.227 e. The summed E-state index contributed by atoms with van der Waals surface area (Å²) in [5, 5.41) is 3.40. The zero-order valence-corrected chi connectivity index (χ0v) is 21.6. The van der Waals surface area contributed by atoms with Crippen LogP contribution in [0.2, 0.25) is 0 Å². The van der Waals surface area contributed by atoms with Crippen LogP contribution in [0.25, 0.3) is 11.3 Å². The molecular weight excluding hydrogens is 450 g/mol. The lowest BCUT2D eigenvalue weighted by molar-refractivity contribution is -0.00545. The second-order valence-corrected chi connectivity index (χ2v) is 10.6. The number of benzene rings is 1. The van der Waals surface area contributed by atoms with Crippen LogP contribution in [0.4, 0.5) is 23.1 Å². The van der Waals surface area contributed by atoms with E-state index in [0.29, 0.717) is 18.0 Å². The number of aryl methyl sites for hydroxylation is 1. The van der Waals surface area contributed by atoms with E-state index in [2.05, 4.69) is 83.2 Å². The van der Waals surface area contributed by atoms with Crippen molar-refractivity contribution in [3.8, 4) is 11.3 Å². The van der Waals surface area contributed by atoms with E-state index in [0.717, 1.165) is 48.9 Å². The molecule has 36 heavy (non-hydrogen) atoms. The zero-order valence-electron chi connectivity index (χ0n) is 21.6. The summed E-state index contributed by atoms with van der Waals surface area (Å²) in [4.78, 5) is 21.3. The molecule has 5 heterocycles. The Hall–Kier alpha value is -3.23. The molecule has 6 rings (SSSR count). The summed E-state index contributed by atoms with van der Waals surface area (Å²) in [6, 6.07) is 14.0. The third kappa shape index (κ3) is 4.51. The van der Waals surface area contributed by atoms with Gasteiger partial charge >= 0.3 is 0 Å². The maximum atomic E-state index is 5.85. The minimum absolute atomic E-state index is 0.204. The quantitative estimate of drug-likeness (QED) is 0.579. The molecule has 4 atom stereocenters. The molecule has 3 aliphatic heterocycles. The largest absolute Gasteiger partial charge is 0.372 e. The van der Waals surface area contributed by atoms with Crippen molar-refractivity contribution < 1.29 is 4.74 Å². The number of nitrogens with zero attached hydrogens (tertiary/aromatic N) is 6. The van der Waals surface area contributed by atoms with Gasteiger partial charge in [0.25, 0.3) is 0 Å². The summed E-state index contributed by atoms with van der Waals surface area (Å²) in [6.07, 6.45) is 5.37. The second-order valence-electron chi connectivity index (χ2n) is 10.6. The monoisotopic (exact) mass is 485 g/mol. The number of likely N-dealkylation sites (tertiary alicyclic amines) is 1. The molecule has 0 saturated carbocycles. The van der Waals surface area contributed by atoms with Crippen LogP contribution in [0.3, 0.4) is 0 Å². The number of anilines is 4. The van der Waals surface area contributed by atoms with Crippen LogP contribution in [0, 0.1) is 6.92 Å². The van der Waals surface area contributed by atoms with Crippen molar-refractivity contribution in [2.45, 2.75) is 51.5 Å². The Balaban J connectivity index is 1.15. The molecule has 3 fully saturated rings. The Kier molecular flexibility index (Phi) is 6.01. The summed E-state index contributed by atoms with van der Waals surface area (Å²) in [6.45, 7) is 10.4. The fraction of sp³-hybridized carbons (Fsp3) is 0.464. The number of piperazine rings is 1. The van der Waals surface area contributed by atoms with Gasteiger partial charge in [-0.1, -0.05) is 0 Å². The number of rotatable bonds is 5. The highest BCUT2D eigenvalue weighted by atomic mass is 16.5. The first-order valence-electron chi connectivity index (χ1n) is 13.0. The van der Waals surface area contributed by atoms with E-state index in [4.69, 9.17) is 14.7 Å². The first-order valence-corrected chi connectivity index (χ1v) is 13.0. The van der Waals surface area contributed by atoms with E-state index < -0.39 is 0 Å². The van der Waals surface area contributed by atoms with Gasteiger partial charge in [-0.15, -0.1) is 0 Å². The molecule has 1 N–H and O–H groups in total. The number of nitrogens with one attached hydrogen (secondary N) is 1. The van der Waals surface area contributed by atoms with Gasteiger partial charge in [-0.25, -0.2) is 15.0 Å². The molecule has 2 unspecified atom stereocenters. The van der Waals surface area contributed by atoms with Gasteiger partial charge in [-0.05, 0) is 76.2 Å². The molecule has 188 valence electrons. The molecule has 3 saturated heterocycles. The predicted molar refractivity (Wildman–Crippen MR) is 144 cm³/mol. The number of hydrogen-bond donors (Lipinski definition) is 1. The van der Waals surface area contributed by atoms with Crippen LogP contribution in [-0.2, 0) is 4.74 Å². The number of fused-ring (bicyclic) bond motifs is 2. The van der Waals surface area contributed by atoms with Crippen LogP contribution in [-0.4, -0.2) is 77.4 Å². The summed E-state index contributed by atoms with van der Waals surface area (Å²) < 4.78 is 5.85. The van der Waals surface area contributed by atoms with Crippen molar-refractivity contribution in [3.05, 3.63) is 54.4 Å². The molecular formula is C28H35N7O. The van der Waals surface area contributed by atoms with Crippen LogP contribution in [0.5, 0.6) is 0 Å². The average Bonchev–Trinajstić information content (AvgIpc) is 3.43. The van der Waals surface area contributed by atoms with Gasteiger partial charge in [0.05, 0.1) is 17.9 Å². The summed E-state index contributed by atoms with van der Waals surface area (Å²) in [5.41, 5.74) is 5.43. The van der Waals surface area contributed by atoms with Crippen molar-refractivity contribution in [1.82, 2.24) is 19.9 Å². The highest BCUT2D eigenvalue weighted by molar-refractivity contribution is 5.66. The lowest BCUT2D eigenvalue weighted by atomic mass is 10.1. The number of ether oxygens (including phenoxy) is 1. The van der Waals surface area contributed by atoms with Gasteiger partial charge in [-0.2, -0.15) is 0 Å². The Morgan fingerprint density at radius 2 is 1.78 bits per heavy atom. The number of pyridine rings is 1. The highest BCUT2D eigenvalue weighted by Gasteiger charge is 2.41. The Morgan fingerprint density at radius 3 is 2.44 bits per heavy atom. The molecule has 3 aromatic rings. The summed E-state index contributed by atoms with van der Waals surface area (Å²) in [5.74, 6) is 1.56. The SMILES string of the molecule is Cc1cc(Nc2nccc(-c3ccc(N4C[C@@H](C)O[C@@H](C)C4)nc3)n2)ccc1N1CC2CC1CN2C. The average molecular weight is 486 g/mol. The molecule has 2 aromatic heterocycles. The zero-order chi connectivity index (χ0) is 24.8. The minimum Gasteiger partial charge on any atom is -0.372 e. The van der Waals surface area contributed by atoms with Gasteiger partial charge in [-0.3, -0.25) is 4.90 Å². The van der Waals surface area contributed by atoms with Gasteiger partial charge in [0.15, 0.2) is 0 Å². The van der Waals surface area contributed by atoms with Crippen molar-refractivity contribution in [2.24, 2.45) is 0 Å². The number of likely N-dealkylation sites (N-methyl/N-ethyl adjacent to an activating group) is 1. The third-order valence-corrected chi connectivity index (χ3v) is 7.72. The van der Waals surface area contributed by atoms with Crippen LogP contribution in [0.1, 0.15) is 25.8 Å². The van der Waals surface area contributed by atoms with Crippen LogP contribution in [0.15, 0.2) is 48.8 Å². The van der Waals surface area contributed by atoms with Gasteiger partial charge < -0.3 is 19.9 Å². The fourth-order valence-electron chi connectivity index (χ4n) is 6.01. The van der Waals surface area contributed by atoms with Crippen molar-refractivity contribution >= 4 is 23.1 Å². The molecule has 0 amide bonds. The Morgan fingerprint density at radius 1 is 0.944 bits per heavy atom. The van der Waals surface area contributed by atoms with E-state index in [9.17, 15) is 0 Å². The minimum atomic E-state index is 0.204. The topological polar surface area (TPSA) is 69.6 Å². The lowest BCUT2D eigenvalue weighted by Crippen LogP contribution is -2.45. The molecule has 8 nitrogen and oxygen atoms in total. The smallest absolute Gasteiger partial charge is 0.227 e. The summed E-state index contributed by atoms with van der Waals surface area (Å²) >= 11 is 0. The Labute approximate surface area is 213 Å². The fourth-order valence-corrected chi connectivity index (χ4v) is 6.01. The van der Waals surface area contributed by atoms with Gasteiger partial charge in [0, 0.05) is 67.6 Å². The molecule has 0 aliphatic carbocycles. The van der Waals surface area contributed by atoms with E-state index in [1.165, 1.54) is 17.7 Å². The molecule has 8 heteroatoms. The second kappa shape index (κ2) is 9.33. The number of aromatic nitrogens is 3. The van der Waals surface area contributed by atoms with Crippen molar-refractivity contribution in [1.29, 1.82) is 0 Å². The number of morpholine rings is 1. The van der Waals surface area contributed by atoms with Crippen molar-refractivity contribution in [3.63, 3.8) is 0 Å². The van der Waals surface area contributed by atoms with E-state index in [1.807, 2.05) is 12.3 Å². The van der Waals surface area contributed by atoms with Gasteiger partial charge in [0.2, 0.25) is 5.95 Å². The molecule has 1 aromatic carbocycles. The standard InChI is InChI=1S/C28H35N7O/c1-18-11-22(6-7-26(18)35-17-23-12-24(35)16-33(23)4)31-28-29-10-9-25(32-28)21-5-8-27(30-13-21)34-14-19(2)36-20(3)15-34/h5-11,13,19-20,23-24H,12,14-17H2,1-4H3,(H,29,31,32)/t19-,20+,23?,24?. The lowest BCUT2D eigenvalue weighted by Gasteiger charge is -2.36.